The zero-order chi connectivity index (χ0) is 14.8. The molecule has 1 unspecified atom stereocenters. The first kappa shape index (κ1) is 15.7. The minimum atomic E-state index is 0.140. The van der Waals surface area contributed by atoms with Crippen LogP contribution in [0.5, 0.6) is 0 Å². The van der Waals surface area contributed by atoms with Crippen LogP contribution in [0, 0.1) is 0 Å². The number of anilines is 1. The number of nitrogens with zero attached hydrogens (tertiary/aromatic N) is 2. The number of morpholine rings is 1. The summed E-state index contributed by atoms with van der Waals surface area (Å²) in [6.07, 6.45) is 0.996. The maximum Gasteiger partial charge on any atom is 0.186 e. The Morgan fingerprint density at radius 1 is 1.45 bits per heavy atom. The van der Waals surface area contributed by atoms with Crippen molar-refractivity contribution in [3.63, 3.8) is 0 Å². The van der Waals surface area contributed by atoms with Crippen molar-refractivity contribution in [2.45, 2.75) is 59.2 Å². The van der Waals surface area contributed by atoms with Gasteiger partial charge in [0.25, 0.3) is 0 Å². The largest absolute Gasteiger partial charge is 0.377 e. The standard InChI is InChI=1S/C15H27N3OS/c1-6-12-13(9-16-15(3,4)5)20-14(17-12)18-7-8-19-10-11(18)2/h11,16H,6-10H2,1-5H3. The lowest BCUT2D eigenvalue weighted by atomic mass is 10.1. The number of ether oxygens (including phenoxy) is 1. The Labute approximate surface area is 126 Å². The Bertz CT molecular complexity index is 439. The van der Waals surface area contributed by atoms with E-state index in [1.54, 1.807) is 0 Å². The zero-order valence-electron chi connectivity index (χ0n) is 13.3. The summed E-state index contributed by atoms with van der Waals surface area (Å²) in [5.74, 6) is 0. The van der Waals surface area contributed by atoms with Crippen LogP contribution >= 0.6 is 11.3 Å². The Morgan fingerprint density at radius 3 is 2.80 bits per heavy atom. The number of nitrogens with one attached hydrogen (secondary N) is 1. The molecule has 0 radical (unpaired) electrons. The highest BCUT2D eigenvalue weighted by molar-refractivity contribution is 7.15. The molecule has 1 aromatic rings. The molecule has 0 amide bonds. The minimum Gasteiger partial charge on any atom is -0.377 e. The molecule has 1 aliphatic rings. The van der Waals surface area contributed by atoms with Gasteiger partial charge in [0.2, 0.25) is 0 Å². The fourth-order valence-electron chi connectivity index (χ4n) is 2.26. The van der Waals surface area contributed by atoms with E-state index in [2.05, 4.69) is 44.8 Å². The van der Waals surface area contributed by atoms with Crippen LogP contribution in [0.1, 0.15) is 45.2 Å². The molecule has 4 nitrogen and oxygen atoms in total. The van der Waals surface area contributed by atoms with Crippen molar-refractivity contribution >= 4 is 16.5 Å². The number of aryl methyl sites for hydroxylation is 1. The van der Waals surface area contributed by atoms with E-state index in [4.69, 9.17) is 9.72 Å². The van der Waals surface area contributed by atoms with Crippen LogP contribution in [0.15, 0.2) is 0 Å². The second kappa shape index (κ2) is 6.41. The van der Waals surface area contributed by atoms with E-state index in [0.717, 1.165) is 37.9 Å². The van der Waals surface area contributed by atoms with E-state index in [1.165, 1.54) is 10.6 Å². The second-order valence-corrected chi connectivity index (χ2v) is 7.50. The Hall–Kier alpha value is -0.650. The first-order chi connectivity index (χ1) is 9.40. The van der Waals surface area contributed by atoms with Crippen LogP contribution in [0.2, 0.25) is 0 Å². The van der Waals surface area contributed by atoms with Crippen LogP contribution in [-0.2, 0) is 17.7 Å². The first-order valence-corrected chi connectivity index (χ1v) is 8.30. The molecular formula is C15H27N3OS. The van der Waals surface area contributed by atoms with Gasteiger partial charge >= 0.3 is 0 Å². The minimum absolute atomic E-state index is 0.140. The lowest BCUT2D eigenvalue weighted by Crippen LogP contribution is -2.43. The predicted molar refractivity (Wildman–Crippen MR) is 85.7 cm³/mol. The van der Waals surface area contributed by atoms with E-state index < -0.39 is 0 Å². The van der Waals surface area contributed by atoms with Crippen LogP contribution < -0.4 is 10.2 Å². The molecule has 1 saturated heterocycles. The van der Waals surface area contributed by atoms with Crippen molar-refractivity contribution in [2.24, 2.45) is 0 Å². The third kappa shape index (κ3) is 3.93. The molecule has 1 N–H and O–H groups in total. The molecule has 2 rings (SSSR count). The van der Waals surface area contributed by atoms with Crippen molar-refractivity contribution in [2.75, 3.05) is 24.7 Å². The molecule has 1 aliphatic heterocycles. The van der Waals surface area contributed by atoms with Crippen molar-refractivity contribution in [3.8, 4) is 0 Å². The summed E-state index contributed by atoms with van der Waals surface area (Å²) in [7, 11) is 0. The quantitative estimate of drug-likeness (QED) is 0.927. The Kier molecular flexibility index (Phi) is 5.04. The molecule has 1 aromatic heterocycles. The van der Waals surface area contributed by atoms with Crippen LogP contribution in [-0.4, -0.2) is 36.3 Å². The van der Waals surface area contributed by atoms with Crippen molar-refractivity contribution in [3.05, 3.63) is 10.6 Å². The fraction of sp³-hybridized carbons (Fsp3) is 0.800. The number of aromatic nitrogens is 1. The molecular weight excluding hydrogens is 270 g/mol. The molecule has 114 valence electrons. The average Bonchev–Trinajstić information content (AvgIpc) is 2.79. The molecule has 0 bridgehead atoms. The SMILES string of the molecule is CCc1nc(N2CCOCC2C)sc1CNC(C)(C)C. The van der Waals surface area contributed by atoms with E-state index in [1.807, 2.05) is 11.3 Å². The smallest absolute Gasteiger partial charge is 0.186 e. The molecule has 0 aliphatic carbocycles. The lowest BCUT2D eigenvalue weighted by molar-refractivity contribution is 0.0989. The number of hydrogen-bond acceptors (Lipinski definition) is 5. The predicted octanol–water partition coefficient (Wildman–Crippen LogP) is 2.82. The normalized spacial score (nSPS) is 20.4. The first-order valence-electron chi connectivity index (χ1n) is 7.48. The topological polar surface area (TPSA) is 37.4 Å². The molecule has 1 atom stereocenters. The molecule has 5 heteroatoms. The Balaban J connectivity index is 2.13. The maximum atomic E-state index is 5.51. The zero-order valence-corrected chi connectivity index (χ0v) is 14.1. The van der Waals surface area contributed by atoms with Crippen LogP contribution in [0.3, 0.4) is 0 Å². The van der Waals surface area contributed by atoms with Gasteiger partial charge in [-0.25, -0.2) is 4.98 Å². The monoisotopic (exact) mass is 297 g/mol. The summed E-state index contributed by atoms with van der Waals surface area (Å²) >= 11 is 1.83. The fourth-order valence-corrected chi connectivity index (χ4v) is 3.48. The van der Waals surface area contributed by atoms with Gasteiger partial charge in [-0.15, -0.1) is 11.3 Å². The molecule has 2 heterocycles. The number of rotatable bonds is 4. The Morgan fingerprint density at radius 2 is 2.20 bits per heavy atom. The average molecular weight is 297 g/mol. The maximum absolute atomic E-state index is 5.51. The summed E-state index contributed by atoms with van der Waals surface area (Å²) in [5.41, 5.74) is 1.38. The summed E-state index contributed by atoms with van der Waals surface area (Å²) in [4.78, 5) is 8.61. The van der Waals surface area contributed by atoms with Gasteiger partial charge in [-0.3, -0.25) is 0 Å². The molecule has 0 spiro atoms. The summed E-state index contributed by atoms with van der Waals surface area (Å²) in [6, 6.07) is 0.419. The van der Waals surface area contributed by atoms with E-state index in [0.29, 0.717) is 6.04 Å². The highest BCUT2D eigenvalue weighted by Gasteiger charge is 2.23. The molecule has 0 aromatic carbocycles. The van der Waals surface area contributed by atoms with E-state index in [-0.39, 0.29) is 5.54 Å². The molecule has 0 saturated carbocycles. The highest BCUT2D eigenvalue weighted by atomic mass is 32.1. The number of hydrogen-bond donors (Lipinski definition) is 1. The summed E-state index contributed by atoms with van der Waals surface area (Å²) in [6.45, 7) is 14.5. The number of thiazole rings is 1. The van der Waals surface area contributed by atoms with Gasteiger partial charge in [-0.05, 0) is 34.1 Å². The molecule has 1 fully saturated rings. The van der Waals surface area contributed by atoms with Gasteiger partial charge in [-0.1, -0.05) is 6.92 Å². The van der Waals surface area contributed by atoms with Gasteiger partial charge in [0.05, 0.1) is 24.9 Å². The van der Waals surface area contributed by atoms with E-state index >= 15 is 0 Å². The third-order valence-electron chi connectivity index (χ3n) is 3.49. The van der Waals surface area contributed by atoms with E-state index in [9.17, 15) is 0 Å². The summed E-state index contributed by atoms with van der Waals surface area (Å²) < 4.78 is 5.51. The van der Waals surface area contributed by atoms with Gasteiger partial charge < -0.3 is 15.0 Å². The van der Waals surface area contributed by atoms with Crippen molar-refractivity contribution in [1.82, 2.24) is 10.3 Å². The third-order valence-corrected chi connectivity index (χ3v) is 4.63. The van der Waals surface area contributed by atoms with Gasteiger partial charge in [0.15, 0.2) is 5.13 Å². The van der Waals surface area contributed by atoms with Crippen molar-refractivity contribution in [1.29, 1.82) is 0 Å². The molecule has 20 heavy (non-hydrogen) atoms. The summed E-state index contributed by atoms with van der Waals surface area (Å²) in [5, 5.41) is 4.72. The van der Waals surface area contributed by atoms with Crippen LogP contribution in [0.4, 0.5) is 5.13 Å². The van der Waals surface area contributed by atoms with Crippen LogP contribution in [0.25, 0.3) is 0 Å². The van der Waals surface area contributed by atoms with Gasteiger partial charge in [-0.2, -0.15) is 0 Å². The van der Waals surface area contributed by atoms with Gasteiger partial charge in [0, 0.05) is 23.5 Å². The van der Waals surface area contributed by atoms with Gasteiger partial charge in [0.1, 0.15) is 0 Å². The highest BCUT2D eigenvalue weighted by Crippen LogP contribution is 2.29. The lowest BCUT2D eigenvalue weighted by Gasteiger charge is -2.32. The second-order valence-electron chi connectivity index (χ2n) is 6.44. The van der Waals surface area contributed by atoms with Crippen molar-refractivity contribution < 1.29 is 4.74 Å².